The number of sulfone groups is 1. The van der Waals surface area contributed by atoms with E-state index in [0.29, 0.717) is 22.9 Å². The monoisotopic (exact) mass is 218 g/mol. The molecule has 0 aromatic carbocycles. The summed E-state index contributed by atoms with van der Waals surface area (Å²) in [5, 5.41) is 0. The lowest BCUT2D eigenvalue weighted by molar-refractivity contribution is 0.565. The molecule has 1 aliphatic rings. The average molecular weight is 218 g/mol. The first-order chi connectivity index (χ1) is 6.15. The summed E-state index contributed by atoms with van der Waals surface area (Å²) in [6, 6.07) is 0. The van der Waals surface area contributed by atoms with Crippen molar-refractivity contribution in [2.75, 3.05) is 12.3 Å². The molecular weight excluding hydrogens is 208 g/mol. The van der Waals surface area contributed by atoms with Crippen LogP contribution in [0.25, 0.3) is 0 Å². The summed E-state index contributed by atoms with van der Waals surface area (Å²) >= 11 is 1.20. The highest BCUT2D eigenvalue weighted by Crippen LogP contribution is 2.34. The molecule has 0 amide bonds. The van der Waals surface area contributed by atoms with E-state index >= 15 is 0 Å². The van der Waals surface area contributed by atoms with Crippen molar-refractivity contribution in [1.82, 2.24) is 4.98 Å². The third-order valence-electron chi connectivity index (χ3n) is 2.25. The van der Waals surface area contributed by atoms with E-state index in [2.05, 4.69) is 4.98 Å². The van der Waals surface area contributed by atoms with Crippen molar-refractivity contribution in [3.05, 3.63) is 11.2 Å². The highest BCUT2D eigenvalue weighted by Gasteiger charge is 2.31. The standard InChI is InChI=1S/C7H10N2O2S2/c8-3-5-1-2-13(10,11)7-6(5)9-4-12-7/h4-5H,1-3,8H2. The van der Waals surface area contributed by atoms with E-state index in [4.69, 9.17) is 5.73 Å². The number of thiazole rings is 1. The van der Waals surface area contributed by atoms with Gasteiger partial charge in [0.05, 0.1) is 17.0 Å². The van der Waals surface area contributed by atoms with Gasteiger partial charge in [0.2, 0.25) is 0 Å². The second kappa shape index (κ2) is 3.04. The minimum absolute atomic E-state index is 0.129. The van der Waals surface area contributed by atoms with Crippen LogP contribution in [0.5, 0.6) is 0 Å². The van der Waals surface area contributed by atoms with Crippen molar-refractivity contribution in [1.29, 1.82) is 0 Å². The summed E-state index contributed by atoms with van der Waals surface area (Å²) in [6.07, 6.45) is 0.607. The van der Waals surface area contributed by atoms with Gasteiger partial charge in [-0.2, -0.15) is 0 Å². The maximum atomic E-state index is 11.5. The smallest absolute Gasteiger partial charge is 0.189 e. The first kappa shape index (κ1) is 9.11. The normalized spacial score (nSPS) is 25.5. The molecule has 0 saturated heterocycles. The molecule has 0 aliphatic carbocycles. The Morgan fingerprint density at radius 1 is 1.69 bits per heavy atom. The third kappa shape index (κ3) is 1.38. The molecule has 72 valence electrons. The first-order valence-electron chi connectivity index (χ1n) is 4.01. The van der Waals surface area contributed by atoms with Crippen LogP contribution in [-0.4, -0.2) is 25.7 Å². The van der Waals surface area contributed by atoms with Crippen molar-refractivity contribution in [3.63, 3.8) is 0 Å². The highest BCUT2D eigenvalue weighted by molar-refractivity contribution is 7.93. The molecule has 0 spiro atoms. The topological polar surface area (TPSA) is 73.1 Å². The largest absolute Gasteiger partial charge is 0.330 e. The number of hydrogen-bond donors (Lipinski definition) is 1. The second-order valence-electron chi connectivity index (χ2n) is 3.07. The van der Waals surface area contributed by atoms with Crippen LogP contribution in [0.2, 0.25) is 0 Å². The molecule has 1 aromatic rings. The summed E-state index contributed by atoms with van der Waals surface area (Å²) in [5.74, 6) is 0.342. The molecule has 1 aliphatic heterocycles. The Labute approximate surface area is 80.7 Å². The van der Waals surface area contributed by atoms with Crippen molar-refractivity contribution >= 4 is 21.2 Å². The third-order valence-corrected chi connectivity index (χ3v) is 5.48. The fraction of sp³-hybridized carbons (Fsp3) is 0.571. The van der Waals surface area contributed by atoms with Gasteiger partial charge in [-0.1, -0.05) is 0 Å². The summed E-state index contributed by atoms with van der Waals surface area (Å²) in [4.78, 5) is 4.06. The number of rotatable bonds is 1. The van der Waals surface area contributed by atoms with Crippen LogP contribution in [0.3, 0.4) is 0 Å². The zero-order valence-corrected chi connectivity index (χ0v) is 8.57. The predicted molar refractivity (Wildman–Crippen MR) is 50.6 cm³/mol. The molecule has 13 heavy (non-hydrogen) atoms. The maximum absolute atomic E-state index is 11.5. The molecule has 2 heterocycles. The molecule has 0 bridgehead atoms. The lowest BCUT2D eigenvalue weighted by Gasteiger charge is -2.19. The second-order valence-corrected chi connectivity index (χ2v) is 6.22. The molecule has 2 N–H and O–H groups in total. The van der Waals surface area contributed by atoms with E-state index in [1.165, 1.54) is 11.3 Å². The Kier molecular flexibility index (Phi) is 2.13. The lowest BCUT2D eigenvalue weighted by Crippen LogP contribution is -2.24. The van der Waals surface area contributed by atoms with Gasteiger partial charge in [-0.15, -0.1) is 11.3 Å². The molecule has 1 atom stereocenters. The molecule has 0 saturated carbocycles. The number of aromatic nitrogens is 1. The van der Waals surface area contributed by atoms with Gasteiger partial charge in [0.15, 0.2) is 9.84 Å². The van der Waals surface area contributed by atoms with Gasteiger partial charge < -0.3 is 5.73 Å². The zero-order valence-electron chi connectivity index (χ0n) is 6.93. The van der Waals surface area contributed by atoms with E-state index < -0.39 is 9.84 Å². The number of nitrogens with two attached hydrogens (primary N) is 1. The quantitative estimate of drug-likeness (QED) is 0.738. The predicted octanol–water partition coefficient (Wildman–Crippen LogP) is 0.363. The first-order valence-corrected chi connectivity index (χ1v) is 6.54. The molecule has 1 unspecified atom stereocenters. The Morgan fingerprint density at radius 3 is 3.15 bits per heavy atom. The van der Waals surface area contributed by atoms with Gasteiger partial charge in [-0.3, -0.25) is 0 Å². The fourth-order valence-corrected chi connectivity index (χ4v) is 4.39. The van der Waals surface area contributed by atoms with Gasteiger partial charge in [-0.25, -0.2) is 13.4 Å². The van der Waals surface area contributed by atoms with Crippen LogP contribution in [0.1, 0.15) is 18.0 Å². The van der Waals surface area contributed by atoms with Crippen LogP contribution in [0, 0.1) is 0 Å². The van der Waals surface area contributed by atoms with Crippen molar-refractivity contribution < 1.29 is 8.42 Å². The molecular formula is C7H10N2O2S2. The Hall–Kier alpha value is -0.460. The van der Waals surface area contributed by atoms with Crippen LogP contribution in [0.4, 0.5) is 0 Å². The summed E-state index contributed by atoms with van der Waals surface area (Å²) in [7, 11) is -3.04. The Morgan fingerprint density at radius 2 is 2.46 bits per heavy atom. The Balaban J connectivity index is 2.56. The van der Waals surface area contributed by atoms with Gasteiger partial charge in [0.25, 0.3) is 0 Å². The summed E-state index contributed by atoms with van der Waals surface area (Å²) in [5.41, 5.74) is 7.79. The maximum Gasteiger partial charge on any atom is 0.189 e. The molecule has 1 aromatic heterocycles. The molecule has 4 nitrogen and oxygen atoms in total. The van der Waals surface area contributed by atoms with E-state index in [0.717, 1.165) is 0 Å². The molecule has 6 heteroatoms. The van der Waals surface area contributed by atoms with Crippen LogP contribution in [0.15, 0.2) is 9.72 Å². The van der Waals surface area contributed by atoms with Crippen LogP contribution in [-0.2, 0) is 9.84 Å². The van der Waals surface area contributed by atoms with Crippen LogP contribution < -0.4 is 5.73 Å². The SMILES string of the molecule is NCC1CCS(=O)(=O)c2scnc21. The van der Waals surface area contributed by atoms with Gasteiger partial charge in [-0.05, 0) is 6.42 Å². The van der Waals surface area contributed by atoms with Crippen molar-refractivity contribution in [2.24, 2.45) is 5.73 Å². The number of nitrogens with zero attached hydrogens (tertiary/aromatic N) is 1. The van der Waals surface area contributed by atoms with E-state index in [-0.39, 0.29) is 11.7 Å². The lowest BCUT2D eigenvalue weighted by atomic mass is 10.0. The van der Waals surface area contributed by atoms with E-state index in [1.54, 1.807) is 5.51 Å². The molecule has 2 rings (SSSR count). The van der Waals surface area contributed by atoms with E-state index in [9.17, 15) is 8.42 Å². The van der Waals surface area contributed by atoms with Crippen LogP contribution >= 0.6 is 11.3 Å². The summed E-state index contributed by atoms with van der Waals surface area (Å²) < 4.78 is 23.5. The fourth-order valence-electron chi connectivity index (χ4n) is 1.51. The number of hydrogen-bond acceptors (Lipinski definition) is 5. The average Bonchev–Trinajstić information content (AvgIpc) is 2.54. The van der Waals surface area contributed by atoms with Crippen molar-refractivity contribution in [2.45, 2.75) is 16.5 Å². The van der Waals surface area contributed by atoms with Gasteiger partial charge in [0.1, 0.15) is 4.21 Å². The van der Waals surface area contributed by atoms with E-state index in [1.807, 2.05) is 0 Å². The highest BCUT2D eigenvalue weighted by atomic mass is 32.2. The van der Waals surface area contributed by atoms with Crippen molar-refractivity contribution in [3.8, 4) is 0 Å². The Bertz CT molecular complexity index is 410. The van der Waals surface area contributed by atoms with Gasteiger partial charge >= 0.3 is 0 Å². The molecule has 0 radical (unpaired) electrons. The number of fused-ring (bicyclic) bond motifs is 1. The minimum Gasteiger partial charge on any atom is -0.330 e. The summed E-state index contributed by atoms with van der Waals surface area (Å²) in [6.45, 7) is 0.478. The minimum atomic E-state index is -3.04. The molecule has 0 fully saturated rings. The zero-order chi connectivity index (χ0) is 9.47. The van der Waals surface area contributed by atoms with Gasteiger partial charge in [0, 0.05) is 12.5 Å².